The number of alkyl halides is 2. The molecule has 0 aromatic heterocycles. The molecule has 0 aliphatic carbocycles. The first-order valence-corrected chi connectivity index (χ1v) is 8.25. The molecule has 2 N–H and O–H groups in total. The summed E-state index contributed by atoms with van der Waals surface area (Å²) in [6.45, 7) is 0. The van der Waals surface area contributed by atoms with E-state index in [1.807, 2.05) is 0 Å². The summed E-state index contributed by atoms with van der Waals surface area (Å²) in [6, 6.07) is 0. The third kappa shape index (κ3) is 8.12. The van der Waals surface area contributed by atoms with E-state index in [4.69, 9.17) is 9.11 Å². The quantitative estimate of drug-likeness (QED) is 0.528. The van der Waals surface area contributed by atoms with Gasteiger partial charge in [0.15, 0.2) is 0 Å². The van der Waals surface area contributed by atoms with Gasteiger partial charge in [-0.25, -0.2) is 0 Å². The fourth-order valence-corrected chi connectivity index (χ4v) is 4.75. The molecule has 2 atom stereocenters. The topological polar surface area (TPSA) is 109 Å². The van der Waals surface area contributed by atoms with Gasteiger partial charge in [-0.05, 0) is 0 Å². The average molecular weight is 376 g/mol. The third-order valence-electron chi connectivity index (χ3n) is 1.13. The summed E-state index contributed by atoms with van der Waals surface area (Å²) >= 11 is 5.74. The molecule has 0 bridgehead atoms. The van der Waals surface area contributed by atoms with Crippen LogP contribution in [0.15, 0.2) is 0 Å². The van der Waals surface area contributed by atoms with Crippen LogP contribution in [0.5, 0.6) is 0 Å². The van der Waals surface area contributed by atoms with Crippen LogP contribution in [0.4, 0.5) is 0 Å². The maximum absolute atomic E-state index is 10.4. The largest absolute Gasteiger partial charge is 0.286 e. The van der Waals surface area contributed by atoms with Crippen molar-refractivity contribution in [3.8, 4) is 0 Å². The molecule has 0 amide bonds. The fourth-order valence-electron chi connectivity index (χ4n) is 0.611. The second-order valence-corrected chi connectivity index (χ2v) is 7.88. The van der Waals surface area contributed by atoms with Gasteiger partial charge >= 0.3 is 0 Å². The van der Waals surface area contributed by atoms with Gasteiger partial charge in [0.25, 0.3) is 20.2 Å². The van der Waals surface area contributed by atoms with Crippen molar-refractivity contribution in [1.29, 1.82) is 0 Å². The van der Waals surface area contributed by atoms with Crippen molar-refractivity contribution in [1.82, 2.24) is 0 Å². The molecule has 0 spiro atoms. The zero-order chi connectivity index (χ0) is 11.6. The van der Waals surface area contributed by atoms with E-state index in [9.17, 15) is 16.8 Å². The summed E-state index contributed by atoms with van der Waals surface area (Å²) in [4.78, 5) is -1.61. The second kappa shape index (κ2) is 5.21. The fraction of sp³-hybridized carbons (Fsp3) is 1.00. The van der Waals surface area contributed by atoms with E-state index in [1.54, 1.807) is 0 Å². The molecule has 0 radical (unpaired) electrons. The minimum Gasteiger partial charge on any atom is -0.286 e. The molecule has 0 aliphatic rings. The lowest BCUT2D eigenvalue weighted by Crippen LogP contribution is -2.29. The molecule has 10 heteroatoms. The summed E-state index contributed by atoms with van der Waals surface area (Å²) in [7, 11) is -8.35. The van der Waals surface area contributed by atoms with Gasteiger partial charge in [-0.2, -0.15) is 16.8 Å². The first kappa shape index (κ1) is 14.8. The van der Waals surface area contributed by atoms with Crippen molar-refractivity contribution >= 4 is 52.1 Å². The number of hydrogen-bond donors (Lipinski definition) is 2. The van der Waals surface area contributed by atoms with Gasteiger partial charge in [0.2, 0.25) is 0 Å². The molecule has 0 saturated heterocycles. The van der Waals surface area contributed by atoms with Gasteiger partial charge in [0, 0.05) is 9.65 Å². The van der Waals surface area contributed by atoms with E-state index in [-0.39, 0.29) is 0 Å². The highest BCUT2D eigenvalue weighted by molar-refractivity contribution is 9.12. The third-order valence-corrected chi connectivity index (χ3v) is 6.18. The second-order valence-electron chi connectivity index (χ2n) is 2.53. The smallest absolute Gasteiger partial charge is 0.266 e. The summed E-state index contributed by atoms with van der Waals surface area (Å²) in [5.74, 6) is -1.28. The summed E-state index contributed by atoms with van der Waals surface area (Å²) in [5.41, 5.74) is 0. The van der Waals surface area contributed by atoms with Gasteiger partial charge < -0.3 is 0 Å². The van der Waals surface area contributed by atoms with Gasteiger partial charge in [-0.1, -0.05) is 31.9 Å². The van der Waals surface area contributed by atoms with Crippen molar-refractivity contribution < 1.29 is 25.9 Å². The maximum atomic E-state index is 10.4. The summed E-state index contributed by atoms with van der Waals surface area (Å²) in [5, 5.41) is 0. The SMILES string of the molecule is O=S(=O)(O)CC(Br)C(Br)CS(=O)(=O)O. The Morgan fingerprint density at radius 2 is 1.07 bits per heavy atom. The predicted octanol–water partition coefficient (Wildman–Crippen LogP) is 0.289. The lowest BCUT2D eigenvalue weighted by molar-refractivity contribution is 0.475. The predicted molar refractivity (Wildman–Crippen MR) is 58.3 cm³/mol. The Bertz CT molecular complexity index is 335. The highest BCUT2D eigenvalue weighted by Gasteiger charge is 2.25. The number of halogens is 2. The molecule has 0 fully saturated rings. The monoisotopic (exact) mass is 374 g/mol. The molecule has 0 heterocycles. The van der Waals surface area contributed by atoms with Gasteiger partial charge in [0.1, 0.15) is 0 Å². The Hall–Kier alpha value is 0.780. The van der Waals surface area contributed by atoms with Gasteiger partial charge in [-0.3, -0.25) is 9.11 Å². The Labute approximate surface area is 98.8 Å². The van der Waals surface area contributed by atoms with Crippen molar-refractivity contribution in [2.75, 3.05) is 11.5 Å². The number of hydrogen-bond acceptors (Lipinski definition) is 4. The molecular formula is C4H8Br2O6S2. The Morgan fingerprint density at radius 3 is 1.21 bits per heavy atom. The van der Waals surface area contributed by atoms with Gasteiger partial charge in [-0.15, -0.1) is 0 Å². The van der Waals surface area contributed by atoms with Crippen LogP contribution in [-0.2, 0) is 20.2 Å². The van der Waals surface area contributed by atoms with E-state index in [0.717, 1.165) is 0 Å². The van der Waals surface area contributed by atoms with Crippen molar-refractivity contribution in [2.24, 2.45) is 0 Å². The molecule has 0 aromatic rings. The molecule has 0 rings (SSSR count). The van der Waals surface area contributed by atoms with E-state index in [2.05, 4.69) is 31.9 Å². The van der Waals surface area contributed by atoms with E-state index < -0.39 is 41.4 Å². The number of rotatable bonds is 5. The minimum absolute atomic E-state index is 0.640. The van der Waals surface area contributed by atoms with Crippen LogP contribution >= 0.6 is 31.9 Å². The molecule has 0 saturated carbocycles. The van der Waals surface area contributed by atoms with Crippen molar-refractivity contribution in [3.05, 3.63) is 0 Å². The van der Waals surface area contributed by atoms with Crippen LogP contribution in [0.3, 0.4) is 0 Å². The Kier molecular flexibility index (Phi) is 5.50. The van der Waals surface area contributed by atoms with Crippen LogP contribution in [0, 0.1) is 0 Å². The van der Waals surface area contributed by atoms with Crippen molar-refractivity contribution in [2.45, 2.75) is 9.65 Å². The lowest BCUT2D eigenvalue weighted by Gasteiger charge is -2.13. The summed E-state index contributed by atoms with van der Waals surface area (Å²) in [6.07, 6.45) is 0. The first-order valence-electron chi connectivity index (χ1n) is 3.20. The molecule has 6 nitrogen and oxygen atoms in total. The zero-order valence-corrected chi connectivity index (χ0v) is 11.5. The zero-order valence-electron chi connectivity index (χ0n) is 6.67. The highest BCUT2D eigenvalue weighted by atomic mass is 79.9. The molecule has 0 aromatic carbocycles. The first-order chi connectivity index (χ1) is 6.01. The standard InChI is InChI=1S/C4H8Br2O6S2/c5-3(1-13(7,8)9)4(6)2-14(10,11)12/h3-4H,1-2H2,(H,7,8,9)(H,10,11,12). The molecule has 14 heavy (non-hydrogen) atoms. The summed E-state index contributed by atoms with van der Waals surface area (Å²) < 4.78 is 58.5. The van der Waals surface area contributed by atoms with Crippen LogP contribution in [0.25, 0.3) is 0 Å². The average Bonchev–Trinajstić information content (AvgIpc) is 1.78. The van der Waals surface area contributed by atoms with E-state index in [1.165, 1.54) is 0 Å². The normalized spacial score (nSPS) is 17.7. The molecule has 86 valence electrons. The van der Waals surface area contributed by atoms with Crippen LogP contribution < -0.4 is 0 Å². The maximum Gasteiger partial charge on any atom is 0.266 e. The Balaban J connectivity index is 4.35. The molecule has 2 unspecified atom stereocenters. The van der Waals surface area contributed by atoms with E-state index >= 15 is 0 Å². The van der Waals surface area contributed by atoms with Crippen LogP contribution in [0.2, 0.25) is 0 Å². The molecular weight excluding hydrogens is 368 g/mol. The minimum atomic E-state index is -4.18. The van der Waals surface area contributed by atoms with Crippen LogP contribution in [-0.4, -0.2) is 47.1 Å². The van der Waals surface area contributed by atoms with E-state index in [0.29, 0.717) is 0 Å². The highest BCUT2D eigenvalue weighted by Crippen LogP contribution is 2.17. The lowest BCUT2D eigenvalue weighted by atomic mass is 10.4. The van der Waals surface area contributed by atoms with Crippen LogP contribution in [0.1, 0.15) is 0 Å². The molecule has 0 aliphatic heterocycles. The Morgan fingerprint density at radius 1 is 0.857 bits per heavy atom. The van der Waals surface area contributed by atoms with Crippen molar-refractivity contribution in [3.63, 3.8) is 0 Å². The van der Waals surface area contributed by atoms with Gasteiger partial charge in [0.05, 0.1) is 11.5 Å².